The molecule has 0 aliphatic heterocycles. The fourth-order valence-corrected chi connectivity index (χ4v) is 2.59. The van der Waals surface area contributed by atoms with Crippen LogP contribution in [0.1, 0.15) is 37.5 Å². The predicted octanol–water partition coefficient (Wildman–Crippen LogP) is 5.22. The molecule has 0 N–H and O–H groups in total. The van der Waals surface area contributed by atoms with Crippen LogP contribution in [0.4, 0.5) is 0 Å². The highest BCUT2D eigenvalue weighted by molar-refractivity contribution is 5.71. The van der Waals surface area contributed by atoms with Crippen LogP contribution in [-0.4, -0.2) is 0 Å². The molecule has 1 aliphatic carbocycles. The molecule has 0 heterocycles. The van der Waals surface area contributed by atoms with Crippen molar-refractivity contribution in [2.75, 3.05) is 0 Å². The van der Waals surface area contributed by atoms with Gasteiger partial charge in [-0.05, 0) is 45.7 Å². The smallest absolute Gasteiger partial charge is 0.00882 e. The van der Waals surface area contributed by atoms with Crippen molar-refractivity contribution in [3.8, 4) is 11.1 Å². The summed E-state index contributed by atoms with van der Waals surface area (Å²) >= 11 is 0. The Balaban J connectivity index is 1.96. The lowest BCUT2D eigenvalue weighted by molar-refractivity contribution is 0.590. The summed E-state index contributed by atoms with van der Waals surface area (Å²) < 4.78 is 0. The number of benzene rings is 2. The topological polar surface area (TPSA) is 0 Å². The molecule has 0 heteroatoms. The van der Waals surface area contributed by atoms with Gasteiger partial charge in [-0.15, -0.1) is 0 Å². The molecule has 0 aromatic heterocycles. The molecule has 0 bridgehead atoms. The second kappa shape index (κ2) is 4.38. The van der Waals surface area contributed by atoms with Crippen LogP contribution in [0.3, 0.4) is 0 Å². The van der Waals surface area contributed by atoms with Gasteiger partial charge in [0.1, 0.15) is 0 Å². The lowest BCUT2D eigenvalue weighted by Gasteiger charge is -2.19. The van der Waals surface area contributed by atoms with E-state index in [9.17, 15) is 0 Å². The van der Waals surface area contributed by atoms with Gasteiger partial charge in [-0.1, -0.05) is 69.3 Å². The molecule has 0 saturated heterocycles. The monoisotopic (exact) mass is 248 g/mol. The third kappa shape index (κ3) is 2.35. The molecule has 0 unspecified atom stereocenters. The lowest BCUT2D eigenvalue weighted by atomic mass is 9.86. The van der Waals surface area contributed by atoms with Gasteiger partial charge in [-0.2, -0.15) is 0 Å². The maximum Gasteiger partial charge on any atom is -0.00882 e. The summed E-state index contributed by atoms with van der Waals surface area (Å²) in [6.45, 7) is 6.76. The fourth-order valence-electron chi connectivity index (χ4n) is 2.59. The van der Waals surface area contributed by atoms with Gasteiger partial charge >= 0.3 is 0 Å². The van der Waals surface area contributed by atoms with Crippen molar-refractivity contribution in [2.24, 2.45) is 0 Å². The molecule has 0 amide bonds. The fraction of sp³-hybridized carbons (Fsp3) is 0.263. The van der Waals surface area contributed by atoms with Gasteiger partial charge < -0.3 is 0 Å². The van der Waals surface area contributed by atoms with Crippen LogP contribution in [0.5, 0.6) is 0 Å². The molecule has 2 aromatic carbocycles. The van der Waals surface area contributed by atoms with Crippen molar-refractivity contribution in [2.45, 2.75) is 32.6 Å². The van der Waals surface area contributed by atoms with E-state index in [1.165, 1.54) is 27.8 Å². The van der Waals surface area contributed by atoms with Gasteiger partial charge in [-0.3, -0.25) is 0 Å². The van der Waals surface area contributed by atoms with Crippen molar-refractivity contribution < 1.29 is 0 Å². The van der Waals surface area contributed by atoms with Gasteiger partial charge in [0.05, 0.1) is 0 Å². The maximum atomic E-state index is 2.30. The molecule has 0 nitrogen and oxygen atoms in total. The highest BCUT2D eigenvalue weighted by atomic mass is 14.2. The molecule has 3 rings (SSSR count). The second-order valence-corrected chi connectivity index (χ2v) is 6.35. The molecular weight excluding hydrogens is 228 g/mol. The van der Waals surface area contributed by atoms with E-state index in [1.807, 2.05) is 0 Å². The van der Waals surface area contributed by atoms with E-state index in [0.717, 1.165) is 6.42 Å². The van der Waals surface area contributed by atoms with Gasteiger partial charge in [0.2, 0.25) is 0 Å². The van der Waals surface area contributed by atoms with Crippen LogP contribution in [0.25, 0.3) is 17.2 Å². The van der Waals surface area contributed by atoms with Crippen molar-refractivity contribution >= 4 is 6.08 Å². The molecule has 0 radical (unpaired) electrons. The summed E-state index contributed by atoms with van der Waals surface area (Å²) in [7, 11) is 0. The van der Waals surface area contributed by atoms with E-state index in [2.05, 4.69) is 75.4 Å². The summed E-state index contributed by atoms with van der Waals surface area (Å²) in [6, 6.07) is 15.8. The third-order valence-corrected chi connectivity index (χ3v) is 3.87. The van der Waals surface area contributed by atoms with Crippen molar-refractivity contribution in [3.05, 3.63) is 65.2 Å². The van der Waals surface area contributed by atoms with Crippen molar-refractivity contribution in [1.82, 2.24) is 0 Å². The van der Waals surface area contributed by atoms with Gasteiger partial charge in [0.15, 0.2) is 0 Å². The summed E-state index contributed by atoms with van der Waals surface area (Å²) in [6.07, 6.45) is 5.54. The molecular formula is C19H20. The van der Waals surface area contributed by atoms with Gasteiger partial charge in [-0.25, -0.2) is 0 Å². The van der Waals surface area contributed by atoms with Gasteiger partial charge in [0.25, 0.3) is 0 Å². The molecule has 96 valence electrons. The lowest BCUT2D eigenvalue weighted by Crippen LogP contribution is -2.10. The van der Waals surface area contributed by atoms with Crippen LogP contribution in [0.15, 0.2) is 48.5 Å². The van der Waals surface area contributed by atoms with E-state index < -0.39 is 0 Å². The number of hydrogen-bond donors (Lipinski definition) is 0. The molecule has 19 heavy (non-hydrogen) atoms. The van der Waals surface area contributed by atoms with Gasteiger partial charge in [0, 0.05) is 0 Å². The minimum absolute atomic E-state index is 0.221. The summed E-state index contributed by atoms with van der Waals surface area (Å²) in [5, 5.41) is 0. The molecule has 0 fully saturated rings. The maximum absolute atomic E-state index is 2.30. The average Bonchev–Trinajstić information content (AvgIpc) is 2.85. The first-order valence-electron chi connectivity index (χ1n) is 6.94. The normalized spacial score (nSPS) is 13.6. The first-order valence-corrected chi connectivity index (χ1v) is 6.94. The second-order valence-electron chi connectivity index (χ2n) is 6.35. The van der Waals surface area contributed by atoms with E-state index in [4.69, 9.17) is 0 Å². The van der Waals surface area contributed by atoms with E-state index in [-0.39, 0.29) is 5.41 Å². The first kappa shape index (κ1) is 12.2. The molecule has 0 spiro atoms. The molecule has 1 aliphatic rings. The number of rotatable bonds is 1. The van der Waals surface area contributed by atoms with Crippen molar-refractivity contribution in [1.29, 1.82) is 0 Å². The molecule has 0 saturated carbocycles. The minimum atomic E-state index is 0.221. The largest absolute Gasteiger partial charge is 0.0795 e. The summed E-state index contributed by atoms with van der Waals surface area (Å²) in [4.78, 5) is 0. The molecule has 2 aromatic rings. The third-order valence-electron chi connectivity index (χ3n) is 3.87. The standard InChI is InChI=1S/C19H20/c1-19(2,3)18-11-9-15(10-12-18)17-8-7-14-5-4-6-16(14)13-17/h4,6-13H,5H2,1-3H3. The van der Waals surface area contributed by atoms with E-state index >= 15 is 0 Å². The minimum Gasteiger partial charge on any atom is -0.0795 e. The van der Waals surface area contributed by atoms with Crippen LogP contribution >= 0.6 is 0 Å². The Bertz CT molecular complexity index is 622. The average molecular weight is 248 g/mol. The Morgan fingerprint density at radius 3 is 2.21 bits per heavy atom. The zero-order valence-corrected chi connectivity index (χ0v) is 11.9. The Morgan fingerprint density at radius 2 is 1.53 bits per heavy atom. The van der Waals surface area contributed by atoms with Crippen LogP contribution in [0.2, 0.25) is 0 Å². The summed E-state index contributed by atoms with van der Waals surface area (Å²) in [5.74, 6) is 0. The quantitative estimate of drug-likeness (QED) is 0.649. The first-order chi connectivity index (χ1) is 9.04. The molecule has 0 atom stereocenters. The summed E-state index contributed by atoms with van der Waals surface area (Å²) in [5.41, 5.74) is 7.03. The van der Waals surface area contributed by atoms with Crippen LogP contribution in [-0.2, 0) is 11.8 Å². The SMILES string of the molecule is CC(C)(C)c1ccc(-c2ccc3c(c2)C=CC3)cc1. The van der Waals surface area contributed by atoms with E-state index in [0.29, 0.717) is 0 Å². The highest BCUT2D eigenvalue weighted by Gasteiger charge is 2.13. The van der Waals surface area contributed by atoms with Crippen LogP contribution < -0.4 is 0 Å². The number of fused-ring (bicyclic) bond motifs is 1. The zero-order chi connectivity index (χ0) is 13.5. The Morgan fingerprint density at radius 1 is 0.842 bits per heavy atom. The van der Waals surface area contributed by atoms with Crippen LogP contribution in [0, 0.1) is 0 Å². The Labute approximate surface area is 115 Å². The zero-order valence-electron chi connectivity index (χ0n) is 11.9. The highest BCUT2D eigenvalue weighted by Crippen LogP contribution is 2.29. The van der Waals surface area contributed by atoms with E-state index in [1.54, 1.807) is 0 Å². The Kier molecular flexibility index (Phi) is 2.82. The Hall–Kier alpha value is -1.82. The number of hydrogen-bond acceptors (Lipinski definition) is 0. The number of allylic oxidation sites excluding steroid dienone is 1. The van der Waals surface area contributed by atoms with Crippen molar-refractivity contribution in [3.63, 3.8) is 0 Å². The predicted molar refractivity (Wildman–Crippen MR) is 83.3 cm³/mol.